The third kappa shape index (κ3) is 6.97. The second kappa shape index (κ2) is 13.3. The summed E-state index contributed by atoms with van der Waals surface area (Å²) in [5.41, 5.74) is 4.73. The van der Waals surface area contributed by atoms with Crippen molar-refractivity contribution in [2.45, 2.75) is 75.4 Å². The fourth-order valence-electron chi connectivity index (χ4n) is 5.08. The molecule has 2 heterocycles. The van der Waals surface area contributed by atoms with Crippen LogP contribution in [0.25, 0.3) is 0 Å². The monoisotopic (exact) mass is 526 g/mol. The Morgan fingerprint density at radius 3 is 2.29 bits per heavy atom. The number of hydrogen-bond acceptors (Lipinski definition) is 7. The lowest BCUT2D eigenvalue weighted by molar-refractivity contribution is -0.207. The van der Waals surface area contributed by atoms with Gasteiger partial charge in [0.25, 0.3) is 0 Å². The summed E-state index contributed by atoms with van der Waals surface area (Å²) >= 11 is 0. The highest BCUT2D eigenvalue weighted by atomic mass is 16.5. The minimum Gasteiger partial charge on any atom is -0.480 e. The summed E-state index contributed by atoms with van der Waals surface area (Å²) in [6, 6.07) is 16.0. The van der Waals surface area contributed by atoms with E-state index in [0.717, 1.165) is 36.1 Å². The fourth-order valence-corrected chi connectivity index (χ4v) is 5.08. The molecule has 3 aliphatic rings. The van der Waals surface area contributed by atoms with E-state index in [1.807, 2.05) is 6.07 Å². The van der Waals surface area contributed by atoms with Crippen LogP contribution in [0.3, 0.4) is 0 Å². The van der Waals surface area contributed by atoms with E-state index in [2.05, 4.69) is 35.7 Å². The van der Waals surface area contributed by atoms with Crippen molar-refractivity contribution in [1.29, 1.82) is 5.26 Å². The van der Waals surface area contributed by atoms with Crippen molar-refractivity contribution in [2.24, 2.45) is 5.92 Å². The first-order valence-corrected chi connectivity index (χ1v) is 13.0. The number of ether oxygens (including phenoxy) is 1. The molecule has 2 aromatic rings. The molecule has 38 heavy (non-hydrogen) atoms. The molecule has 1 saturated carbocycles. The van der Waals surface area contributed by atoms with Crippen molar-refractivity contribution in [3.8, 4) is 6.07 Å². The summed E-state index contributed by atoms with van der Waals surface area (Å²) in [6.07, 6.45) is 1.72. The van der Waals surface area contributed by atoms with Crippen LogP contribution in [-0.4, -0.2) is 69.4 Å². The molecule has 0 amide bonds. The Bertz CT molecular complexity index is 1100. The van der Waals surface area contributed by atoms with Gasteiger partial charge in [0.1, 0.15) is 18.2 Å². The summed E-state index contributed by atoms with van der Waals surface area (Å²) in [7, 11) is 0. The Hall–Kier alpha value is -2.84. The van der Waals surface area contributed by atoms with Crippen LogP contribution >= 0.6 is 0 Å². The standard InChI is InChI=1S/C24H27NO4.C5H9NO2.H2O/c1-14-22(27)21(13-26)29-24(23(14)28)18-8-9-19(12-25)20(11-18)10-15-2-4-16(5-3-15)17-6-7-17;7-5(8)4-2-1-3-6-4;/h2-5,8-9,11,14,17,21-24,26-28H,6-7,10,13H2,1H3;4,6H,1-3H2,(H,7,8);1H2/t14-,21+,22-,23+,24-;4-;/m00./s1. The minimum atomic E-state index is -0.922. The number of rotatable bonds is 6. The zero-order valence-corrected chi connectivity index (χ0v) is 21.6. The highest BCUT2D eigenvalue weighted by Gasteiger charge is 2.42. The summed E-state index contributed by atoms with van der Waals surface area (Å²) in [4.78, 5) is 10.1. The first-order valence-electron chi connectivity index (χ1n) is 13.0. The lowest BCUT2D eigenvalue weighted by Crippen LogP contribution is -2.50. The molecule has 2 saturated heterocycles. The SMILES string of the molecule is C[C@@H]1[C@@H](O)[C@H](c2ccc(C#N)c(Cc3ccc(C4CC4)cc3)c2)O[C@H](CO)[C@H]1O.O.O=C(O)[C@@H]1CCCN1. The van der Waals surface area contributed by atoms with Gasteiger partial charge in [0.2, 0.25) is 0 Å². The molecule has 5 rings (SSSR count). The molecule has 2 aromatic carbocycles. The Morgan fingerprint density at radius 2 is 1.76 bits per heavy atom. The Morgan fingerprint density at radius 1 is 1.08 bits per heavy atom. The van der Waals surface area contributed by atoms with Crippen LogP contribution in [0.15, 0.2) is 42.5 Å². The van der Waals surface area contributed by atoms with Crippen molar-refractivity contribution in [3.63, 3.8) is 0 Å². The topological polar surface area (TPSA) is 175 Å². The normalized spacial score (nSPS) is 28.4. The summed E-state index contributed by atoms with van der Waals surface area (Å²) in [5, 5.41) is 51.1. The average Bonchev–Trinajstić information content (AvgIpc) is 3.60. The minimum absolute atomic E-state index is 0. The van der Waals surface area contributed by atoms with Gasteiger partial charge >= 0.3 is 5.97 Å². The summed E-state index contributed by atoms with van der Waals surface area (Å²) in [5.74, 6) is -0.439. The molecule has 0 spiro atoms. The zero-order chi connectivity index (χ0) is 26.5. The van der Waals surface area contributed by atoms with E-state index in [1.54, 1.807) is 19.1 Å². The number of carbonyl (C=O) groups is 1. The predicted molar refractivity (Wildman–Crippen MR) is 141 cm³/mol. The van der Waals surface area contributed by atoms with E-state index < -0.39 is 36.3 Å². The number of hydrogen-bond donors (Lipinski definition) is 5. The van der Waals surface area contributed by atoms with Crippen molar-refractivity contribution < 1.29 is 35.4 Å². The molecule has 206 valence electrons. The maximum Gasteiger partial charge on any atom is 0.320 e. The van der Waals surface area contributed by atoms with E-state index in [-0.39, 0.29) is 18.1 Å². The maximum absolute atomic E-state index is 10.6. The van der Waals surface area contributed by atoms with E-state index in [9.17, 15) is 25.4 Å². The van der Waals surface area contributed by atoms with Crippen molar-refractivity contribution in [3.05, 3.63) is 70.3 Å². The zero-order valence-electron chi connectivity index (χ0n) is 21.6. The number of carboxylic acid groups (broad SMARTS) is 1. The van der Waals surface area contributed by atoms with Gasteiger partial charge in [-0.1, -0.05) is 43.3 Å². The van der Waals surface area contributed by atoms with E-state index in [0.29, 0.717) is 17.9 Å². The van der Waals surface area contributed by atoms with Crippen molar-refractivity contribution in [1.82, 2.24) is 5.32 Å². The molecule has 0 unspecified atom stereocenters. The van der Waals surface area contributed by atoms with Crippen LogP contribution in [-0.2, 0) is 16.0 Å². The van der Waals surface area contributed by atoms with Gasteiger partial charge in [0.05, 0.1) is 30.4 Å². The maximum atomic E-state index is 10.6. The van der Waals surface area contributed by atoms with Crippen LogP contribution in [0.4, 0.5) is 0 Å². The highest BCUT2D eigenvalue weighted by Crippen LogP contribution is 2.40. The lowest BCUT2D eigenvalue weighted by Gasteiger charge is -2.41. The molecule has 0 radical (unpaired) electrons. The first kappa shape index (κ1) is 29.7. The molecule has 1 aliphatic carbocycles. The molecule has 7 N–H and O–H groups in total. The molecule has 3 fully saturated rings. The first-order chi connectivity index (χ1) is 17.8. The van der Waals surface area contributed by atoms with Gasteiger partial charge in [-0.3, -0.25) is 4.79 Å². The Balaban J connectivity index is 0.000000382. The predicted octanol–water partition coefficient (Wildman–Crippen LogP) is 1.81. The smallest absolute Gasteiger partial charge is 0.320 e. The molecule has 0 aromatic heterocycles. The van der Waals surface area contributed by atoms with E-state index >= 15 is 0 Å². The van der Waals surface area contributed by atoms with Crippen LogP contribution in [0.2, 0.25) is 0 Å². The Kier molecular flexibility index (Phi) is 10.4. The second-order valence-corrected chi connectivity index (χ2v) is 10.3. The van der Waals surface area contributed by atoms with Gasteiger partial charge in [-0.15, -0.1) is 0 Å². The van der Waals surface area contributed by atoms with Gasteiger partial charge in [0, 0.05) is 5.92 Å². The highest BCUT2D eigenvalue weighted by molar-refractivity contribution is 5.73. The fraction of sp³-hybridized carbons (Fsp3) is 0.517. The summed E-state index contributed by atoms with van der Waals surface area (Å²) < 4.78 is 5.81. The summed E-state index contributed by atoms with van der Waals surface area (Å²) in [6.45, 7) is 2.29. The van der Waals surface area contributed by atoms with Crippen LogP contribution < -0.4 is 5.32 Å². The quantitative estimate of drug-likeness (QED) is 0.379. The number of aliphatic carboxylic acids is 1. The van der Waals surface area contributed by atoms with Gasteiger partial charge in [-0.2, -0.15) is 5.26 Å². The lowest BCUT2D eigenvalue weighted by atomic mass is 9.84. The van der Waals surface area contributed by atoms with Crippen LogP contribution in [0.1, 0.15) is 72.4 Å². The van der Waals surface area contributed by atoms with Gasteiger partial charge in [0.15, 0.2) is 0 Å². The average molecular weight is 527 g/mol. The van der Waals surface area contributed by atoms with Gasteiger partial charge < -0.3 is 36.0 Å². The number of benzene rings is 2. The third-order valence-corrected chi connectivity index (χ3v) is 7.63. The van der Waals surface area contributed by atoms with Gasteiger partial charge in [-0.25, -0.2) is 0 Å². The molecule has 2 aliphatic heterocycles. The number of nitriles is 1. The van der Waals surface area contributed by atoms with Crippen molar-refractivity contribution in [2.75, 3.05) is 13.2 Å². The molecular weight excluding hydrogens is 488 g/mol. The molecular formula is C29H38N2O7. The van der Waals surface area contributed by atoms with Crippen molar-refractivity contribution >= 4 is 5.97 Å². The largest absolute Gasteiger partial charge is 0.480 e. The molecule has 9 nitrogen and oxygen atoms in total. The molecule has 6 atom stereocenters. The van der Waals surface area contributed by atoms with Crippen LogP contribution in [0, 0.1) is 17.2 Å². The number of nitrogens with one attached hydrogen (secondary N) is 1. The third-order valence-electron chi connectivity index (χ3n) is 7.63. The van der Waals surface area contributed by atoms with E-state index in [4.69, 9.17) is 9.84 Å². The number of aliphatic hydroxyl groups excluding tert-OH is 3. The van der Waals surface area contributed by atoms with Crippen LogP contribution in [0.5, 0.6) is 0 Å². The molecule has 9 heteroatoms. The van der Waals surface area contributed by atoms with E-state index in [1.165, 1.54) is 18.4 Å². The number of nitrogens with zero attached hydrogens (tertiary/aromatic N) is 1. The Labute approximate surface area is 223 Å². The number of aliphatic hydroxyl groups is 3. The van der Waals surface area contributed by atoms with Gasteiger partial charge in [-0.05, 0) is 72.9 Å². The second-order valence-electron chi connectivity index (χ2n) is 10.3. The molecule has 0 bridgehead atoms. The number of carboxylic acids is 1.